The minimum Gasteiger partial charge on any atom is -0.348 e. The van der Waals surface area contributed by atoms with Crippen LogP contribution in [0.25, 0.3) is 0 Å². The van der Waals surface area contributed by atoms with Gasteiger partial charge in [-0.1, -0.05) is 13.8 Å². The first-order valence-corrected chi connectivity index (χ1v) is 9.13. The number of rotatable bonds is 4. The Balaban J connectivity index is 2.10. The highest BCUT2D eigenvalue weighted by atomic mass is 32.2. The Morgan fingerprint density at radius 1 is 1.26 bits per heavy atom. The van der Waals surface area contributed by atoms with E-state index in [0.29, 0.717) is 18.3 Å². The first kappa shape index (κ1) is 17.8. The molecule has 1 aromatic rings. The van der Waals surface area contributed by atoms with Crippen molar-refractivity contribution in [1.82, 2.24) is 15.1 Å². The van der Waals surface area contributed by atoms with Gasteiger partial charge >= 0.3 is 11.8 Å². The molecule has 0 saturated heterocycles. The fourth-order valence-corrected chi connectivity index (χ4v) is 3.38. The second kappa shape index (κ2) is 6.95. The number of fused-ring (bicyclic) bond motifs is 1. The molecule has 0 fully saturated rings. The summed E-state index contributed by atoms with van der Waals surface area (Å²) >= 11 is 1.77. The highest BCUT2D eigenvalue weighted by Crippen LogP contribution is 2.37. The maximum absolute atomic E-state index is 12.2. The van der Waals surface area contributed by atoms with Gasteiger partial charge in [0.2, 0.25) is 0 Å². The predicted octanol–water partition coefficient (Wildman–Crippen LogP) is 2.49. The van der Waals surface area contributed by atoms with Crippen molar-refractivity contribution in [3.05, 3.63) is 11.3 Å². The molecule has 0 aliphatic carbocycles. The van der Waals surface area contributed by atoms with Gasteiger partial charge in [-0.2, -0.15) is 16.9 Å². The largest absolute Gasteiger partial charge is 0.348 e. The summed E-state index contributed by atoms with van der Waals surface area (Å²) in [6.45, 7) is 10.8. The standard InChI is InChI=1S/C16H26N4O2S/c1-10(2)6-7-17-14(21)15(22)18-13-11-8-23-9-12(11)19-20(13)16(3,4)5/h10H,6-9H2,1-5H3,(H,17,21)(H,18,22). The van der Waals surface area contributed by atoms with Crippen molar-refractivity contribution in [3.63, 3.8) is 0 Å². The number of hydrogen-bond acceptors (Lipinski definition) is 4. The molecule has 7 heteroatoms. The molecule has 0 unspecified atom stereocenters. The Hall–Kier alpha value is -1.50. The van der Waals surface area contributed by atoms with Gasteiger partial charge in [-0.25, -0.2) is 4.68 Å². The van der Waals surface area contributed by atoms with Crippen molar-refractivity contribution in [1.29, 1.82) is 0 Å². The summed E-state index contributed by atoms with van der Waals surface area (Å²) in [5, 5.41) is 10.0. The van der Waals surface area contributed by atoms with Gasteiger partial charge in [-0.15, -0.1) is 0 Å². The molecule has 2 amide bonds. The van der Waals surface area contributed by atoms with Crippen LogP contribution in [0.1, 0.15) is 52.3 Å². The summed E-state index contributed by atoms with van der Waals surface area (Å²) in [6.07, 6.45) is 0.852. The number of anilines is 1. The average molecular weight is 338 g/mol. The average Bonchev–Trinajstić information content (AvgIpc) is 2.99. The van der Waals surface area contributed by atoms with E-state index in [9.17, 15) is 9.59 Å². The molecule has 1 aromatic heterocycles. The highest BCUT2D eigenvalue weighted by Gasteiger charge is 2.29. The SMILES string of the molecule is CC(C)CCNC(=O)C(=O)Nc1c2c(nn1C(C)(C)C)CSC2. The van der Waals surface area contributed by atoms with E-state index in [4.69, 9.17) is 0 Å². The fraction of sp³-hybridized carbons (Fsp3) is 0.688. The Morgan fingerprint density at radius 2 is 1.96 bits per heavy atom. The summed E-state index contributed by atoms with van der Waals surface area (Å²) < 4.78 is 1.82. The van der Waals surface area contributed by atoms with Crippen molar-refractivity contribution >= 4 is 29.4 Å². The fourth-order valence-electron chi connectivity index (χ4n) is 2.35. The summed E-state index contributed by atoms with van der Waals surface area (Å²) in [6, 6.07) is 0. The van der Waals surface area contributed by atoms with Crippen molar-refractivity contribution in [3.8, 4) is 0 Å². The maximum Gasteiger partial charge on any atom is 0.314 e. The van der Waals surface area contributed by atoms with Crippen LogP contribution in [0, 0.1) is 5.92 Å². The van der Waals surface area contributed by atoms with Crippen LogP contribution in [-0.2, 0) is 26.6 Å². The van der Waals surface area contributed by atoms with E-state index < -0.39 is 11.8 Å². The maximum atomic E-state index is 12.2. The minimum atomic E-state index is -0.626. The molecule has 0 saturated carbocycles. The smallest absolute Gasteiger partial charge is 0.314 e. The van der Waals surface area contributed by atoms with Crippen LogP contribution in [0.3, 0.4) is 0 Å². The molecule has 1 aliphatic heterocycles. The molecule has 0 spiro atoms. The molecule has 0 aromatic carbocycles. The molecule has 23 heavy (non-hydrogen) atoms. The van der Waals surface area contributed by atoms with Crippen LogP contribution in [0.2, 0.25) is 0 Å². The highest BCUT2D eigenvalue weighted by molar-refractivity contribution is 7.98. The Labute approximate surface area is 141 Å². The number of carbonyl (C=O) groups is 2. The second-order valence-electron chi connectivity index (χ2n) is 7.24. The van der Waals surface area contributed by atoms with Gasteiger partial charge in [0.15, 0.2) is 0 Å². The van der Waals surface area contributed by atoms with Gasteiger partial charge in [0.1, 0.15) is 5.82 Å². The molecule has 6 nitrogen and oxygen atoms in total. The normalized spacial score (nSPS) is 14.0. The van der Waals surface area contributed by atoms with E-state index in [1.807, 2.05) is 25.5 Å². The molecular weight excluding hydrogens is 312 g/mol. The number of carbonyl (C=O) groups excluding carboxylic acids is 2. The second-order valence-corrected chi connectivity index (χ2v) is 8.23. The zero-order valence-electron chi connectivity index (χ0n) is 14.5. The summed E-state index contributed by atoms with van der Waals surface area (Å²) in [7, 11) is 0. The number of nitrogens with one attached hydrogen (secondary N) is 2. The van der Waals surface area contributed by atoms with Crippen LogP contribution < -0.4 is 10.6 Å². The number of hydrogen-bond donors (Lipinski definition) is 2. The van der Waals surface area contributed by atoms with E-state index in [-0.39, 0.29) is 5.54 Å². The topological polar surface area (TPSA) is 76.0 Å². The third-order valence-electron chi connectivity index (χ3n) is 3.63. The molecular formula is C16H26N4O2S. The number of amides is 2. The first-order valence-electron chi connectivity index (χ1n) is 7.98. The lowest BCUT2D eigenvalue weighted by Crippen LogP contribution is -2.37. The monoisotopic (exact) mass is 338 g/mol. The van der Waals surface area contributed by atoms with Crippen molar-refractivity contribution < 1.29 is 9.59 Å². The number of nitrogens with zero attached hydrogens (tertiary/aromatic N) is 2. The Bertz CT molecular complexity index is 602. The van der Waals surface area contributed by atoms with E-state index in [1.165, 1.54) is 0 Å². The van der Waals surface area contributed by atoms with E-state index in [2.05, 4.69) is 29.6 Å². The third kappa shape index (κ3) is 4.28. The minimum absolute atomic E-state index is 0.258. The van der Waals surface area contributed by atoms with Crippen LogP contribution >= 0.6 is 11.8 Å². The lowest BCUT2D eigenvalue weighted by molar-refractivity contribution is -0.136. The van der Waals surface area contributed by atoms with Gasteiger partial charge in [-0.3, -0.25) is 9.59 Å². The third-order valence-corrected chi connectivity index (χ3v) is 4.60. The number of thioether (sulfide) groups is 1. The van der Waals surface area contributed by atoms with Gasteiger partial charge in [0, 0.05) is 23.6 Å². The summed E-state index contributed by atoms with van der Waals surface area (Å²) in [4.78, 5) is 24.1. The molecule has 0 radical (unpaired) electrons. The zero-order valence-corrected chi connectivity index (χ0v) is 15.3. The lowest BCUT2D eigenvalue weighted by Gasteiger charge is -2.23. The molecule has 0 bridgehead atoms. The molecule has 2 N–H and O–H groups in total. The van der Waals surface area contributed by atoms with Crippen LogP contribution in [0.4, 0.5) is 5.82 Å². The molecule has 2 heterocycles. The van der Waals surface area contributed by atoms with Crippen molar-refractivity contribution in [2.45, 2.75) is 58.1 Å². The molecule has 128 valence electrons. The Kier molecular flexibility index (Phi) is 5.39. The molecule has 2 rings (SSSR count). The van der Waals surface area contributed by atoms with Gasteiger partial charge in [-0.05, 0) is 33.1 Å². The molecule has 1 aliphatic rings. The Morgan fingerprint density at radius 3 is 2.57 bits per heavy atom. The van der Waals surface area contributed by atoms with Gasteiger partial charge < -0.3 is 10.6 Å². The van der Waals surface area contributed by atoms with E-state index in [1.54, 1.807) is 11.8 Å². The summed E-state index contributed by atoms with van der Waals surface area (Å²) in [5.74, 6) is 1.59. The zero-order chi connectivity index (χ0) is 17.2. The number of aromatic nitrogens is 2. The van der Waals surface area contributed by atoms with Gasteiger partial charge in [0.05, 0.1) is 11.2 Å². The van der Waals surface area contributed by atoms with Gasteiger partial charge in [0.25, 0.3) is 0 Å². The first-order chi connectivity index (χ1) is 10.7. The van der Waals surface area contributed by atoms with Crippen LogP contribution in [0.5, 0.6) is 0 Å². The van der Waals surface area contributed by atoms with Crippen LogP contribution in [-0.4, -0.2) is 28.1 Å². The summed E-state index contributed by atoms with van der Waals surface area (Å²) in [5.41, 5.74) is 1.78. The van der Waals surface area contributed by atoms with Crippen molar-refractivity contribution in [2.75, 3.05) is 11.9 Å². The predicted molar refractivity (Wildman–Crippen MR) is 93.3 cm³/mol. The lowest BCUT2D eigenvalue weighted by atomic mass is 10.1. The van der Waals surface area contributed by atoms with Crippen LogP contribution in [0.15, 0.2) is 0 Å². The van der Waals surface area contributed by atoms with Crippen molar-refractivity contribution in [2.24, 2.45) is 5.92 Å². The molecule has 0 atom stereocenters. The van der Waals surface area contributed by atoms with E-state index >= 15 is 0 Å². The quantitative estimate of drug-likeness (QED) is 0.827. The van der Waals surface area contributed by atoms with E-state index in [0.717, 1.165) is 29.2 Å².